The molecule has 98 valence electrons. The van der Waals surface area contributed by atoms with Gasteiger partial charge < -0.3 is 9.09 Å². The van der Waals surface area contributed by atoms with Crippen LogP contribution < -0.4 is 0 Å². The van der Waals surface area contributed by atoms with Gasteiger partial charge in [-0.25, -0.2) is 4.98 Å². The Morgan fingerprint density at radius 1 is 1.39 bits per heavy atom. The number of aromatic nitrogens is 4. The standard InChI is InChI=1S/C12H18N4OS/c1-8(18-11-13-6-7-16(11)5)9-14-10(15-17-9)12(2,3)4/h6-8H,1-5H3. The van der Waals surface area contributed by atoms with Crippen molar-refractivity contribution < 1.29 is 4.52 Å². The third-order valence-corrected chi connectivity index (χ3v) is 3.68. The van der Waals surface area contributed by atoms with Crippen molar-refractivity contribution >= 4 is 11.8 Å². The smallest absolute Gasteiger partial charge is 0.239 e. The maximum atomic E-state index is 5.32. The summed E-state index contributed by atoms with van der Waals surface area (Å²) in [7, 11) is 1.97. The van der Waals surface area contributed by atoms with Crippen LogP contribution in [0.3, 0.4) is 0 Å². The van der Waals surface area contributed by atoms with Crippen molar-refractivity contribution in [1.82, 2.24) is 19.7 Å². The molecule has 1 atom stereocenters. The second-order valence-electron chi connectivity index (χ2n) is 5.29. The number of aryl methyl sites for hydroxylation is 1. The summed E-state index contributed by atoms with van der Waals surface area (Å²) in [6.07, 6.45) is 3.70. The highest BCUT2D eigenvalue weighted by molar-refractivity contribution is 7.99. The van der Waals surface area contributed by atoms with Gasteiger partial charge in [0.2, 0.25) is 5.89 Å². The van der Waals surface area contributed by atoms with Crippen LogP contribution in [0.4, 0.5) is 0 Å². The van der Waals surface area contributed by atoms with Crippen LogP contribution in [0.2, 0.25) is 0 Å². The molecule has 0 fully saturated rings. The van der Waals surface area contributed by atoms with Gasteiger partial charge in [-0.05, 0) is 6.92 Å². The lowest BCUT2D eigenvalue weighted by atomic mass is 9.96. The Labute approximate surface area is 111 Å². The molecule has 0 aliphatic rings. The van der Waals surface area contributed by atoms with Gasteiger partial charge in [0.25, 0.3) is 0 Å². The van der Waals surface area contributed by atoms with Gasteiger partial charge in [-0.1, -0.05) is 37.7 Å². The first-order valence-electron chi connectivity index (χ1n) is 5.86. The zero-order valence-corrected chi connectivity index (χ0v) is 12.2. The first kappa shape index (κ1) is 13.1. The van der Waals surface area contributed by atoms with E-state index in [2.05, 4.69) is 35.9 Å². The maximum absolute atomic E-state index is 5.32. The van der Waals surface area contributed by atoms with Crippen LogP contribution in [0, 0.1) is 0 Å². The predicted molar refractivity (Wildman–Crippen MR) is 70.5 cm³/mol. The fourth-order valence-electron chi connectivity index (χ4n) is 1.38. The SMILES string of the molecule is CC(Sc1nccn1C)c1nc(C(C)(C)C)no1. The number of imidazole rings is 1. The van der Waals surface area contributed by atoms with Crippen LogP contribution in [0.15, 0.2) is 22.1 Å². The Morgan fingerprint density at radius 2 is 2.11 bits per heavy atom. The minimum atomic E-state index is -0.0879. The molecule has 0 aliphatic carbocycles. The topological polar surface area (TPSA) is 56.7 Å². The van der Waals surface area contributed by atoms with Gasteiger partial charge in [0, 0.05) is 24.9 Å². The summed E-state index contributed by atoms with van der Waals surface area (Å²) in [6, 6.07) is 0. The van der Waals surface area contributed by atoms with E-state index in [1.807, 2.05) is 24.7 Å². The van der Waals surface area contributed by atoms with Crippen LogP contribution in [-0.2, 0) is 12.5 Å². The molecule has 0 radical (unpaired) electrons. The van der Waals surface area contributed by atoms with E-state index in [9.17, 15) is 0 Å². The summed E-state index contributed by atoms with van der Waals surface area (Å²) >= 11 is 1.61. The largest absolute Gasteiger partial charge is 0.338 e. The van der Waals surface area contributed by atoms with Gasteiger partial charge in [0.1, 0.15) is 0 Å². The number of hydrogen-bond acceptors (Lipinski definition) is 5. The Kier molecular flexibility index (Phi) is 3.47. The molecule has 1 unspecified atom stereocenters. The van der Waals surface area contributed by atoms with Crippen molar-refractivity contribution in [3.8, 4) is 0 Å². The quantitative estimate of drug-likeness (QED) is 0.799. The van der Waals surface area contributed by atoms with Gasteiger partial charge in [0.05, 0.1) is 5.25 Å². The molecule has 0 N–H and O–H groups in total. The van der Waals surface area contributed by atoms with Gasteiger partial charge >= 0.3 is 0 Å². The van der Waals surface area contributed by atoms with E-state index < -0.39 is 0 Å². The van der Waals surface area contributed by atoms with Gasteiger partial charge in [-0.15, -0.1) is 0 Å². The monoisotopic (exact) mass is 266 g/mol. The predicted octanol–water partition coefficient (Wildman–Crippen LogP) is 2.95. The average Bonchev–Trinajstić information content (AvgIpc) is 2.87. The van der Waals surface area contributed by atoms with Crippen LogP contribution in [0.1, 0.15) is 44.7 Å². The average molecular weight is 266 g/mol. The Bertz CT molecular complexity index is 526. The molecule has 6 heteroatoms. The van der Waals surface area contributed by atoms with Crippen molar-refractivity contribution in [3.63, 3.8) is 0 Å². The summed E-state index contributed by atoms with van der Waals surface area (Å²) in [5.41, 5.74) is -0.0879. The van der Waals surface area contributed by atoms with E-state index in [0.29, 0.717) is 5.89 Å². The molecule has 0 aromatic carbocycles. The van der Waals surface area contributed by atoms with Crippen molar-refractivity contribution in [1.29, 1.82) is 0 Å². The summed E-state index contributed by atoms with van der Waals surface area (Å²) in [4.78, 5) is 8.73. The first-order valence-corrected chi connectivity index (χ1v) is 6.74. The molecule has 0 saturated carbocycles. The summed E-state index contributed by atoms with van der Waals surface area (Å²) < 4.78 is 7.30. The zero-order valence-electron chi connectivity index (χ0n) is 11.3. The number of thioether (sulfide) groups is 1. The number of hydrogen-bond donors (Lipinski definition) is 0. The molecule has 0 amide bonds. The normalized spacial score (nSPS) is 13.8. The lowest BCUT2D eigenvalue weighted by molar-refractivity contribution is 0.364. The van der Waals surface area contributed by atoms with Crippen molar-refractivity contribution in [2.75, 3.05) is 0 Å². The van der Waals surface area contributed by atoms with E-state index in [1.54, 1.807) is 18.0 Å². The molecule has 0 aliphatic heterocycles. The third-order valence-electron chi connectivity index (χ3n) is 2.52. The third kappa shape index (κ3) is 2.75. The number of rotatable bonds is 3. The van der Waals surface area contributed by atoms with E-state index in [-0.39, 0.29) is 10.7 Å². The summed E-state index contributed by atoms with van der Waals surface area (Å²) in [5, 5.41) is 5.07. The molecule has 2 heterocycles. The molecule has 2 aromatic rings. The molecule has 0 bridgehead atoms. The lowest BCUT2D eigenvalue weighted by Gasteiger charge is -2.11. The highest BCUT2D eigenvalue weighted by Crippen LogP contribution is 2.33. The molecule has 2 aromatic heterocycles. The van der Waals surface area contributed by atoms with E-state index in [0.717, 1.165) is 11.0 Å². The second kappa shape index (κ2) is 4.76. The highest BCUT2D eigenvalue weighted by Gasteiger charge is 2.24. The van der Waals surface area contributed by atoms with Crippen molar-refractivity contribution in [2.24, 2.45) is 7.05 Å². The summed E-state index contributed by atoms with van der Waals surface area (Å²) in [5.74, 6) is 1.39. The van der Waals surface area contributed by atoms with Gasteiger partial charge in [0.15, 0.2) is 11.0 Å². The molecule has 2 rings (SSSR count). The van der Waals surface area contributed by atoms with E-state index >= 15 is 0 Å². The Hall–Kier alpha value is -1.30. The van der Waals surface area contributed by atoms with Crippen LogP contribution in [0.25, 0.3) is 0 Å². The number of nitrogens with zero attached hydrogens (tertiary/aromatic N) is 4. The lowest BCUT2D eigenvalue weighted by Crippen LogP contribution is -2.13. The maximum Gasteiger partial charge on any atom is 0.239 e. The zero-order chi connectivity index (χ0) is 13.3. The van der Waals surface area contributed by atoms with Crippen LogP contribution in [-0.4, -0.2) is 19.7 Å². The van der Waals surface area contributed by atoms with Crippen molar-refractivity contribution in [2.45, 2.75) is 43.5 Å². The Balaban J connectivity index is 2.12. The molecule has 5 nitrogen and oxygen atoms in total. The first-order chi connectivity index (χ1) is 8.38. The van der Waals surface area contributed by atoms with Gasteiger partial charge in [-0.3, -0.25) is 0 Å². The molecular weight excluding hydrogens is 248 g/mol. The molecule has 18 heavy (non-hydrogen) atoms. The van der Waals surface area contributed by atoms with Crippen LogP contribution >= 0.6 is 11.8 Å². The molecular formula is C12H18N4OS. The van der Waals surface area contributed by atoms with Crippen LogP contribution in [0.5, 0.6) is 0 Å². The fraction of sp³-hybridized carbons (Fsp3) is 0.583. The molecule has 0 saturated heterocycles. The summed E-state index contributed by atoms with van der Waals surface area (Å²) in [6.45, 7) is 8.24. The fourth-order valence-corrected chi connectivity index (χ4v) is 2.24. The van der Waals surface area contributed by atoms with Gasteiger partial charge in [-0.2, -0.15) is 4.98 Å². The minimum absolute atomic E-state index is 0.0879. The Morgan fingerprint density at radius 3 is 2.61 bits per heavy atom. The van der Waals surface area contributed by atoms with E-state index in [4.69, 9.17) is 4.52 Å². The van der Waals surface area contributed by atoms with E-state index in [1.165, 1.54) is 0 Å². The second-order valence-corrected chi connectivity index (χ2v) is 6.59. The van der Waals surface area contributed by atoms with Crippen molar-refractivity contribution in [3.05, 3.63) is 24.1 Å². The molecule has 0 spiro atoms. The highest BCUT2D eigenvalue weighted by atomic mass is 32.2. The minimum Gasteiger partial charge on any atom is -0.338 e.